The van der Waals surface area contributed by atoms with E-state index < -0.39 is 0 Å². The minimum absolute atomic E-state index is 0.143. The van der Waals surface area contributed by atoms with E-state index in [9.17, 15) is 4.79 Å². The molecule has 0 unspecified atom stereocenters. The maximum Gasteiger partial charge on any atom is 0.252 e. The van der Waals surface area contributed by atoms with Gasteiger partial charge >= 0.3 is 0 Å². The molecule has 0 aliphatic carbocycles. The molecule has 0 bridgehead atoms. The second-order valence-electron chi connectivity index (χ2n) is 4.51. The first-order chi connectivity index (χ1) is 9.00. The van der Waals surface area contributed by atoms with E-state index in [1.807, 2.05) is 19.9 Å². The zero-order valence-electron chi connectivity index (χ0n) is 11.2. The van der Waals surface area contributed by atoms with Gasteiger partial charge < -0.3 is 10.1 Å². The summed E-state index contributed by atoms with van der Waals surface area (Å²) in [5, 5.41) is 3.32. The summed E-state index contributed by atoms with van der Waals surface area (Å²) in [7, 11) is 0. The number of hydrogen-bond donors (Lipinski definition) is 1. The number of rotatable bonds is 7. The van der Waals surface area contributed by atoms with Crippen LogP contribution >= 0.6 is 27.5 Å². The molecule has 0 saturated carbocycles. The van der Waals surface area contributed by atoms with Crippen molar-refractivity contribution in [3.05, 3.63) is 33.3 Å². The lowest BCUT2D eigenvalue weighted by molar-refractivity contribution is 0.0754. The predicted octanol–water partition coefficient (Wildman–Crippen LogP) is 4.04. The number of unbranched alkanes of at least 4 members (excludes halogenated alkanes) is 1. The lowest BCUT2D eigenvalue weighted by Crippen LogP contribution is -2.25. The minimum atomic E-state index is -0.143. The number of benzene rings is 1. The van der Waals surface area contributed by atoms with Gasteiger partial charge in [0.15, 0.2) is 0 Å². The van der Waals surface area contributed by atoms with Crippen LogP contribution < -0.4 is 5.32 Å². The maximum atomic E-state index is 11.9. The van der Waals surface area contributed by atoms with E-state index in [2.05, 4.69) is 21.2 Å². The monoisotopic (exact) mass is 347 g/mol. The molecule has 3 nitrogen and oxygen atoms in total. The van der Waals surface area contributed by atoms with Crippen molar-refractivity contribution in [3.63, 3.8) is 0 Å². The highest BCUT2D eigenvalue weighted by Gasteiger charge is 2.09. The number of ether oxygens (including phenoxy) is 1. The fraction of sp³-hybridized carbons (Fsp3) is 0.500. The zero-order chi connectivity index (χ0) is 14.3. The van der Waals surface area contributed by atoms with Gasteiger partial charge in [0.25, 0.3) is 5.91 Å². The first-order valence-electron chi connectivity index (χ1n) is 6.35. The van der Waals surface area contributed by atoms with Gasteiger partial charge in [-0.1, -0.05) is 27.5 Å². The van der Waals surface area contributed by atoms with Crippen LogP contribution in [0.3, 0.4) is 0 Å². The van der Waals surface area contributed by atoms with Crippen molar-refractivity contribution in [1.29, 1.82) is 0 Å². The molecule has 0 aliphatic rings. The van der Waals surface area contributed by atoms with Gasteiger partial charge in [-0.05, 0) is 44.9 Å². The number of nitrogens with one attached hydrogen (secondary N) is 1. The highest BCUT2D eigenvalue weighted by molar-refractivity contribution is 9.10. The van der Waals surface area contributed by atoms with Gasteiger partial charge in [0.1, 0.15) is 0 Å². The largest absolute Gasteiger partial charge is 0.379 e. The van der Waals surface area contributed by atoms with Crippen LogP contribution in [-0.2, 0) is 4.74 Å². The van der Waals surface area contributed by atoms with Crippen molar-refractivity contribution in [2.24, 2.45) is 0 Å². The average molecular weight is 349 g/mol. The predicted molar refractivity (Wildman–Crippen MR) is 81.8 cm³/mol. The third-order valence-corrected chi connectivity index (χ3v) is 3.30. The molecule has 19 heavy (non-hydrogen) atoms. The fourth-order valence-electron chi connectivity index (χ4n) is 1.51. The molecule has 1 aromatic carbocycles. The summed E-state index contributed by atoms with van der Waals surface area (Å²) in [4.78, 5) is 11.9. The molecule has 5 heteroatoms. The summed E-state index contributed by atoms with van der Waals surface area (Å²) in [5.74, 6) is -0.143. The van der Waals surface area contributed by atoms with E-state index in [4.69, 9.17) is 16.3 Å². The van der Waals surface area contributed by atoms with E-state index in [1.165, 1.54) is 0 Å². The van der Waals surface area contributed by atoms with E-state index in [-0.39, 0.29) is 12.0 Å². The molecule has 0 saturated heterocycles. The molecule has 106 valence electrons. The molecule has 1 amide bonds. The molecule has 0 aliphatic heterocycles. The second-order valence-corrected chi connectivity index (χ2v) is 5.83. The van der Waals surface area contributed by atoms with Crippen molar-refractivity contribution >= 4 is 33.4 Å². The summed E-state index contributed by atoms with van der Waals surface area (Å²) in [6.45, 7) is 5.38. The van der Waals surface area contributed by atoms with Crippen molar-refractivity contribution in [3.8, 4) is 0 Å². The highest BCUT2D eigenvalue weighted by atomic mass is 79.9. The smallest absolute Gasteiger partial charge is 0.252 e. The van der Waals surface area contributed by atoms with Crippen LogP contribution in [0, 0.1) is 0 Å². The first-order valence-corrected chi connectivity index (χ1v) is 7.52. The quantitative estimate of drug-likeness (QED) is 0.755. The Morgan fingerprint density at radius 3 is 2.84 bits per heavy atom. The Labute approximate surface area is 127 Å². The Bertz CT molecular complexity index is 424. The van der Waals surface area contributed by atoms with Gasteiger partial charge in [0, 0.05) is 17.6 Å². The molecule has 0 spiro atoms. The van der Waals surface area contributed by atoms with Crippen molar-refractivity contribution < 1.29 is 9.53 Å². The number of hydrogen-bond acceptors (Lipinski definition) is 2. The SMILES string of the molecule is CC(C)OCCCCNC(=O)c1cc(Br)ccc1Cl. The minimum Gasteiger partial charge on any atom is -0.379 e. The zero-order valence-corrected chi connectivity index (χ0v) is 13.6. The van der Waals surface area contributed by atoms with Crippen LogP contribution in [-0.4, -0.2) is 25.2 Å². The third-order valence-electron chi connectivity index (χ3n) is 2.48. The van der Waals surface area contributed by atoms with Gasteiger partial charge in [-0.3, -0.25) is 4.79 Å². The van der Waals surface area contributed by atoms with Gasteiger partial charge in [0.2, 0.25) is 0 Å². The molecule has 0 atom stereocenters. The van der Waals surface area contributed by atoms with E-state index in [0.29, 0.717) is 17.1 Å². The van der Waals surface area contributed by atoms with Gasteiger partial charge in [-0.2, -0.15) is 0 Å². The Morgan fingerprint density at radius 2 is 2.16 bits per heavy atom. The summed E-state index contributed by atoms with van der Waals surface area (Å²) in [5.41, 5.74) is 0.495. The maximum absolute atomic E-state index is 11.9. The van der Waals surface area contributed by atoms with Crippen LogP contribution in [0.25, 0.3) is 0 Å². The first kappa shape index (κ1) is 16.5. The van der Waals surface area contributed by atoms with E-state index in [1.54, 1.807) is 12.1 Å². The molecule has 1 aromatic rings. The Balaban J connectivity index is 2.29. The Morgan fingerprint density at radius 1 is 1.42 bits per heavy atom. The summed E-state index contributed by atoms with van der Waals surface area (Å²) >= 11 is 9.31. The number of carbonyl (C=O) groups is 1. The van der Waals surface area contributed by atoms with Crippen LogP contribution in [0.1, 0.15) is 37.0 Å². The summed E-state index contributed by atoms with van der Waals surface area (Å²) < 4.78 is 6.27. The van der Waals surface area contributed by atoms with Gasteiger partial charge in [-0.15, -0.1) is 0 Å². The van der Waals surface area contributed by atoms with E-state index in [0.717, 1.165) is 23.9 Å². The molecule has 0 heterocycles. The lowest BCUT2D eigenvalue weighted by Gasteiger charge is -2.09. The molecule has 0 radical (unpaired) electrons. The summed E-state index contributed by atoms with van der Waals surface area (Å²) in [6, 6.07) is 5.24. The molecule has 1 N–H and O–H groups in total. The van der Waals surface area contributed by atoms with Crippen LogP contribution in [0.15, 0.2) is 22.7 Å². The van der Waals surface area contributed by atoms with Crippen molar-refractivity contribution in [2.45, 2.75) is 32.8 Å². The van der Waals surface area contributed by atoms with Crippen LogP contribution in [0.2, 0.25) is 5.02 Å². The Hall–Kier alpha value is -0.580. The molecule has 0 fully saturated rings. The number of amides is 1. The van der Waals surface area contributed by atoms with Crippen molar-refractivity contribution in [1.82, 2.24) is 5.32 Å². The second kappa shape index (κ2) is 8.56. The Kier molecular flexibility index (Phi) is 7.42. The number of halogens is 2. The topological polar surface area (TPSA) is 38.3 Å². The molecule has 0 aromatic heterocycles. The van der Waals surface area contributed by atoms with Crippen molar-refractivity contribution in [2.75, 3.05) is 13.2 Å². The third kappa shape index (κ3) is 6.41. The lowest BCUT2D eigenvalue weighted by atomic mass is 10.2. The van der Waals surface area contributed by atoms with Gasteiger partial charge in [-0.25, -0.2) is 0 Å². The van der Waals surface area contributed by atoms with E-state index >= 15 is 0 Å². The van der Waals surface area contributed by atoms with Crippen LogP contribution in [0.4, 0.5) is 0 Å². The molecular weight excluding hydrogens is 330 g/mol. The van der Waals surface area contributed by atoms with Crippen LogP contribution in [0.5, 0.6) is 0 Å². The average Bonchev–Trinajstić information content (AvgIpc) is 2.36. The summed E-state index contributed by atoms with van der Waals surface area (Å²) in [6.07, 6.45) is 2.09. The van der Waals surface area contributed by atoms with Gasteiger partial charge in [0.05, 0.1) is 16.7 Å². The molecular formula is C14H19BrClNO2. The molecule has 1 rings (SSSR count). The fourth-order valence-corrected chi connectivity index (χ4v) is 2.08. The number of carbonyl (C=O) groups excluding carboxylic acids is 1. The highest BCUT2D eigenvalue weighted by Crippen LogP contribution is 2.20. The normalized spacial score (nSPS) is 10.8. The standard InChI is InChI=1S/C14H19BrClNO2/c1-10(2)19-8-4-3-7-17-14(18)12-9-11(15)5-6-13(12)16/h5-6,9-10H,3-4,7-8H2,1-2H3,(H,17,18).